The summed E-state index contributed by atoms with van der Waals surface area (Å²) in [6, 6.07) is 1.07. The molecule has 7 nitrogen and oxygen atoms in total. The number of amides is 1. The van der Waals surface area contributed by atoms with E-state index < -0.39 is 16.9 Å². The van der Waals surface area contributed by atoms with Crippen molar-refractivity contribution in [3.8, 4) is 0 Å². The summed E-state index contributed by atoms with van der Waals surface area (Å²) in [6.07, 6.45) is 0.276. The molecule has 0 radical (unpaired) electrons. The van der Waals surface area contributed by atoms with E-state index in [0.717, 1.165) is 12.3 Å². The lowest BCUT2D eigenvalue weighted by Gasteiger charge is -2.18. The number of aliphatic hydroxyl groups is 1. The number of halogens is 1. The molecule has 1 atom stereocenters. The van der Waals surface area contributed by atoms with Gasteiger partial charge in [-0.3, -0.25) is 14.9 Å². The number of carbonyl (C=O) groups excluding carboxylic acids is 1. The maximum atomic E-state index is 11.9. The first kappa shape index (κ1) is 14.3. The fraction of sp³-hybridized carbons (Fsp3) is 0.400. The van der Waals surface area contributed by atoms with Gasteiger partial charge in [0, 0.05) is 19.7 Å². The third kappa shape index (κ3) is 3.38. The number of aliphatic hydroxyl groups excluding tert-OH is 1. The Bertz CT molecular complexity index is 478. The molecular formula is C10H12ClN3O4. The van der Waals surface area contributed by atoms with Crippen LogP contribution < -0.4 is 0 Å². The molecule has 0 spiro atoms. The summed E-state index contributed by atoms with van der Waals surface area (Å²) < 4.78 is 0. The molecule has 0 aliphatic rings. The number of hydrogen-bond acceptors (Lipinski definition) is 5. The molecule has 1 N–H and O–H groups in total. The monoisotopic (exact) mass is 273 g/mol. The van der Waals surface area contributed by atoms with Gasteiger partial charge in [-0.15, -0.1) is 0 Å². The van der Waals surface area contributed by atoms with E-state index in [1.54, 1.807) is 0 Å². The molecule has 0 saturated carbocycles. The first-order chi connectivity index (χ1) is 8.32. The Hall–Kier alpha value is -1.73. The summed E-state index contributed by atoms with van der Waals surface area (Å²) in [4.78, 5) is 26.7. The summed E-state index contributed by atoms with van der Waals surface area (Å²) in [6.45, 7) is 1.62. The van der Waals surface area contributed by atoms with E-state index in [1.807, 2.05) is 0 Å². The predicted octanol–water partition coefficient (Wildman–Crippen LogP) is 1.10. The van der Waals surface area contributed by atoms with Crippen molar-refractivity contribution in [1.29, 1.82) is 0 Å². The molecule has 8 heteroatoms. The molecule has 0 fully saturated rings. The molecule has 1 aromatic heterocycles. The second-order valence-electron chi connectivity index (χ2n) is 3.82. The molecule has 1 amide bonds. The Morgan fingerprint density at radius 1 is 1.72 bits per heavy atom. The third-order valence-electron chi connectivity index (χ3n) is 2.15. The van der Waals surface area contributed by atoms with Gasteiger partial charge in [-0.05, 0) is 6.92 Å². The highest BCUT2D eigenvalue weighted by Gasteiger charge is 2.20. The van der Waals surface area contributed by atoms with Crippen LogP contribution in [0.1, 0.15) is 17.3 Å². The molecule has 0 aromatic carbocycles. The normalized spacial score (nSPS) is 12.0. The fourth-order valence-corrected chi connectivity index (χ4v) is 1.56. The third-order valence-corrected chi connectivity index (χ3v) is 2.45. The van der Waals surface area contributed by atoms with Crippen LogP contribution in [0, 0.1) is 10.1 Å². The van der Waals surface area contributed by atoms with E-state index in [2.05, 4.69) is 4.98 Å². The van der Waals surface area contributed by atoms with Crippen LogP contribution in [-0.4, -0.2) is 45.5 Å². The second kappa shape index (κ2) is 5.74. The maximum absolute atomic E-state index is 11.9. The topological polar surface area (TPSA) is 96.6 Å². The first-order valence-electron chi connectivity index (χ1n) is 5.06. The number of rotatable bonds is 4. The molecule has 18 heavy (non-hydrogen) atoms. The van der Waals surface area contributed by atoms with Gasteiger partial charge in [-0.25, -0.2) is 4.98 Å². The van der Waals surface area contributed by atoms with Gasteiger partial charge >= 0.3 is 0 Å². The van der Waals surface area contributed by atoms with Crippen molar-refractivity contribution in [2.75, 3.05) is 13.6 Å². The van der Waals surface area contributed by atoms with Crippen molar-refractivity contribution >= 4 is 23.2 Å². The van der Waals surface area contributed by atoms with Crippen LogP contribution in [0.5, 0.6) is 0 Å². The van der Waals surface area contributed by atoms with Crippen molar-refractivity contribution in [3.05, 3.63) is 33.1 Å². The van der Waals surface area contributed by atoms with Crippen LogP contribution in [0.25, 0.3) is 0 Å². The number of aromatic nitrogens is 1. The smallest absolute Gasteiger partial charge is 0.288 e. The Kier molecular flexibility index (Phi) is 4.57. The van der Waals surface area contributed by atoms with Crippen LogP contribution >= 0.6 is 11.6 Å². The fourth-order valence-electron chi connectivity index (χ4n) is 1.37. The van der Waals surface area contributed by atoms with E-state index in [9.17, 15) is 20.0 Å². The zero-order chi connectivity index (χ0) is 13.9. The Labute approximate surface area is 108 Å². The van der Waals surface area contributed by atoms with Gasteiger partial charge in [0.05, 0.1) is 16.6 Å². The van der Waals surface area contributed by atoms with Crippen molar-refractivity contribution < 1.29 is 14.8 Å². The van der Waals surface area contributed by atoms with E-state index in [1.165, 1.54) is 18.9 Å². The van der Waals surface area contributed by atoms with Crippen LogP contribution in [0.15, 0.2) is 12.3 Å². The van der Waals surface area contributed by atoms with E-state index in [0.29, 0.717) is 0 Å². The van der Waals surface area contributed by atoms with E-state index in [-0.39, 0.29) is 22.9 Å². The highest BCUT2D eigenvalue weighted by Crippen LogP contribution is 2.20. The minimum absolute atomic E-state index is 0.0611. The lowest BCUT2D eigenvalue weighted by atomic mass is 10.2. The number of hydrogen-bond donors (Lipinski definition) is 1. The quantitative estimate of drug-likeness (QED) is 0.503. The maximum Gasteiger partial charge on any atom is 0.288 e. The molecule has 0 saturated heterocycles. The SMILES string of the molecule is CC(O)CN(C)C(=O)c1cc([N+](=O)[O-])cnc1Cl. The van der Waals surface area contributed by atoms with Crippen LogP contribution in [0.2, 0.25) is 5.15 Å². The number of nitro groups is 1. The summed E-state index contributed by atoms with van der Waals surface area (Å²) in [7, 11) is 1.46. The van der Waals surface area contributed by atoms with Gasteiger partial charge in [0.2, 0.25) is 0 Å². The molecule has 0 aliphatic heterocycles. The largest absolute Gasteiger partial charge is 0.392 e. The summed E-state index contributed by atoms with van der Waals surface area (Å²) in [5.74, 6) is -0.530. The van der Waals surface area contributed by atoms with Gasteiger partial charge in [-0.1, -0.05) is 11.6 Å². The van der Waals surface area contributed by atoms with Crippen LogP contribution in [0.4, 0.5) is 5.69 Å². The van der Waals surface area contributed by atoms with E-state index >= 15 is 0 Å². The number of likely N-dealkylation sites (N-methyl/N-ethyl adjacent to an activating group) is 1. The van der Waals surface area contributed by atoms with Crippen molar-refractivity contribution in [3.63, 3.8) is 0 Å². The Morgan fingerprint density at radius 2 is 2.33 bits per heavy atom. The van der Waals surface area contributed by atoms with Crippen molar-refractivity contribution in [2.45, 2.75) is 13.0 Å². The van der Waals surface area contributed by atoms with Crippen LogP contribution in [0.3, 0.4) is 0 Å². The van der Waals surface area contributed by atoms with Gasteiger partial charge in [-0.2, -0.15) is 0 Å². The van der Waals surface area contributed by atoms with Gasteiger partial charge in [0.1, 0.15) is 11.3 Å². The predicted molar refractivity (Wildman–Crippen MR) is 64.5 cm³/mol. The molecule has 1 aromatic rings. The minimum atomic E-state index is -0.704. The van der Waals surface area contributed by atoms with Gasteiger partial charge in [0.25, 0.3) is 11.6 Å². The molecule has 1 unspecified atom stereocenters. The minimum Gasteiger partial charge on any atom is -0.392 e. The molecule has 0 bridgehead atoms. The summed E-state index contributed by atoms with van der Waals surface area (Å²) >= 11 is 5.73. The molecule has 1 rings (SSSR count). The number of carbonyl (C=O) groups is 1. The Morgan fingerprint density at radius 3 is 2.83 bits per heavy atom. The molecule has 98 valence electrons. The van der Waals surface area contributed by atoms with Gasteiger partial charge < -0.3 is 10.0 Å². The number of nitrogens with zero attached hydrogens (tertiary/aromatic N) is 3. The lowest BCUT2D eigenvalue weighted by molar-refractivity contribution is -0.385. The lowest BCUT2D eigenvalue weighted by Crippen LogP contribution is -2.33. The average molecular weight is 274 g/mol. The van der Waals surface area contributed by atoms with Crippen molar-refractivity contribution in [2.24, 2.45) is 0 Å². The Balaban J connectivity index is 3.04. The molecule has 0 aliphatic carbocycles. The summed E-state index contributed by atoms with van der Waals surface area (Å²) in [5, 5.41) is 19.7. The molecule has 1 heterocycles. The molecular weight excluding hydrogens is 262 g/mol. The second-order valence-corrected chi connectivity index (χ2v) is 4.18. The van der Waals surface area contributed by atoms with Crippen LogP contribution in [-0.2, 0) is 0 Å². The number of pyridine rings is 1. The standard InChI is InChI=1S/C10H12ClN3O4/c1-6(15)5-13(2)10(16)8-3-7(14(17)18)4-12-9(8)11/h3-4,6,15H,5H2,1-2H3. The first-order valence-corrected chi connectivity index (χ1v) is 5.44. The van der Waals surface area contributed by atoms with Gasteiger partial charge in [0.15, 0.2) is 0 Å². The average Bonchev–Trinajstić information content (AvgIpc) is 2.27. The zero-order valence-corrected chi connectivity index (χ0v) is 10.6. The highest BCUT2D eigenvalue weighted by molar-refractivity contribution is 6.32. The highest BCUT2D eigenvalue weighted by atomic mass is 35.5. The zero-order valence-electron chi connectivity index (χ0n) is 9.83. The van der Waals surface area contributed by atoms with Crippen molar-refractivity contribution in [1.82, 2.24) is 9.88 Å². The van der Waals surface area contributed by atoms with E-state index in [4.69, 9.17) is 11.6 Å². The summed E-state index contributed by atoms with van der Waals surface area (Å²) in [5.41, 5.74) is -0.373.